The van der Waals surface area contributed by atoms with Crippen LogP contribution in [0.2, 0.25) is 0 Å². The van der Waals surface area contributed by atoms with Gasteiger partial charge in [-0.2, -0.15) is 0 Å². The molecule has 1 aliphatic rings. The summed E-state index contributed by atoms with van der Waals surface area (Å²) in [4.78, 5) is 12.3. The van der Waals surface area contributed by atoms with Gasteiger partial charge in [-0.25, -0.2) is 15.0 Å². The van der Waals surface area contributed by atoms with Gasteiger partial charge in [0.15, 0.2) is 17.7 Å². The first-order chi connectivity index (χ1) is 14.3. The molecule has 0 bridgehead atoms. The van der Waals surface area contributed by atoms with Gasteiger partial charge in [0.25, 0.3) is 0 Å². The standard InChI is InChI=1S/C17H17Cl2N5O5S/c1-28-8-2-4-9(5-3-8)30(27)17(18,19)13-11(25)12(26)16(29-13)24-7-23-10-14(20)21-6-22-15(10)24/h2-7,11-13,16,25-26H,1H3,(H2,20,21,22)/t11-,12+,13-,16+,30-/m0/s1. The molecule has 13 heteroatoms. The highest BCUT2D eigenvalue weighted by Gasteiger charge is 2.56. The zero-order valence-corrected chi connectivity index (χ0v) is 17.8. The summed E-state index contributed by atoms with van der Waals surface area (Å²) in [6.45, 7) is 0. The average Bonchev–Trinajstić information content (AvgIpc) is 3.30. The summed E-state index contributed by atoms with van der Waals surface area (Å²) < 4.78 is 23.2. The number of benzene rings is 1. The number of alkyl halides is 2. The number of hydrogen-bond donors (Lipinski definition) is 3. The highest BCUT2D eigenvalue weighted by Crippen LogP contribution is 2.44. The van der Waals surface area contributed by atoms with Crippen molar-refractivity contribution in [3.8, 4) is 5.75 Å². The molecule has 0 amide bonds. The van der Waals surface area contributed by atoms with Crippen molar-refractivity contribution in [1.29, 1.82) is 0 Å². The molecule has 0 aliphatic carbocycles. The molecule has 4 rings (SSSR count). The van der Waals surface area contributed by atoms with Gasteiger partial charge in [0.1, 0.15) is 35.9 Å². The molecule has 2 aromatic heterocycles. The van der Waals surface area contributed by atoms with Crippen LogP contribution in [0, 0.1) is 0 Å². The Kier molecular flexibility index (Phi) is 5.60. The van der Waals surface area contributed by atoms with Crippen LogP contribution >= 0.6 is 23.2 Å². The molecule has 1 fully saturated rings. The van der Waals surface area contributed by atoms with Crippen LogP contribution in [0.4, 0.5) is 5.82 Å². The van der Waals surface area contributed by atoms with Crippen molar-refractivity contribution >= 4 is 51.0 Å². The molecule has 4 N–H and O–H groups in total. The number of nitrogens with two attached hydrogens (primary N) is 1. The van der Waals surface area contributed by atoms with E-state index in [0.717, 1.165) is 0 Å². The fraction of sp³-hybridized carbons (Fsp3) is 0.353. The summed E-state index contributed by atoms with van der Waals surface area (Å²) in [7, 11) is -0.511. The van der Waals surface area contributed by atoms with E-state index in [9.17, 15) is 14.4 Å². The molecule has 1 saturated heterocycles. The fourth-order valence-corrected chi connectivity index (χ4v) is 5.18. The average molecular weight is 474 g/mol. The van der Waals surface area contributed by atoms with Crippen LogP contribution in [0.5, 0.6) is 5.75 Å². The number of halogens is 2. The number of imidazole rings is 1. The topological polar surface area (TPSA) is 146 Å². The van der Waals surface area contributed by atoms with Crippen LogP contribution in [0.25, 0.3) is 11.2 Å². The summed E-state index contributed by atoms with van der Waals surface area (Å²) in [5, 5.41) is 21.2. The Morgan fingerprint density at radius 2 is 1.90 bits per heavy atom. The van der Waals surface area contributed by atoms with Crippen LogP contribution in [0.15, 0.2) is 41.8 Å². The maximum Gasteiger partial charge on any atom is 0.224 e. The predicted octanol–water partition coefficient (Wildman–Crippen LogP) is 0.975. The number of aliphatic hydroxyl groups excluding tert-OH is 2. The zero-order chi connectivity index (χ0) is 21.6. The fourth-order valence-electron chi connectivity index (χ4n) is 3.19. The number of nitrogens with zero attached hydrogens (tertiary/aromatic N) is 4. The molecule has 0 saturated carbocycles. The van der Waals surface area contributed by atoms with E-state index in [1.165, 1.54) is 36.5 Å². The Morgan fingerprint density at radius 3 is 2.57 bits per heavy atom. The van der Waals surface area contributed by atoms with Gasteiger partial charge in [-0.3, -0.25) is 8.78 Å². The summed E-state index contributed by atoms with van der Waals surface area (Å²) in [5.74, 6) is 0.708. The largest absolute Gasteiger partial charge is 0.497 e. The molecule has 10 nitrogen and oxygen atoms in total. The molecule has 0 unspecified atom stereocenters. The highest BCUT2D eigenvalue weighted by molar-refractivity contribution is 7.89. The van der Waals surface area contributed by atoms with Gasteiger partial charge in [-0.1, -0.05) is 23.2 Å². The van der Waals surface area contributed by atoms with Crippen LogP contribution in [-0.4, -0.2) is 63.0 Å². The number of rotatable bonds is 5. The molecule has 3 heterocycles. The Morgan fingerprint density at radius 1 is 1.20 bits per heavy atom. The van der Waals surface area contributed by atoms with Gasteiger partial charge in [0.2, 0.25) is 3.67 Å². The van der Waals surface area contributed by atoms with Gasteiger partial charge in [0, 0.05) is 4.90 Å². The molecule has 5 atom stereocenters. The number of nitrogen functional groups attached to an aromatic ring is 1. The van der Waals surface area contributed by atoms with Crippen molar-refractivity contribution < 1.29 is 23.9 Å². The van der Waals surface area contributed by atoms with E-state index in [-0.39, 0.29) is 11.5 Å². The molecule has 0 radical (unpaired) electrons. The number of fused-ring (bicyclic) bond motifs is 1. The first-order valence-corrected chi connectivity index (χ1v) is 10.5. The van der Waals surface area contributed by atoms with Crippen molar-refractivity contribution in [1.82, 2.24) is 19.5 Å². The minimum absolute atomic E-state index is 0.146. The van der Waals surface area contributed by atoms with Crippen molar-refractivity contribution in [3.05, 3.63) is 36.9 Å². The second kappa shape index (κ2) is 7.91. The Bertz CT molecular complexity index is 1100. The van der Waals surface area contributed by atoms with Crippen molar-refractivity contribution in [2.75, 3.05) is 12.8 Å². The third-order valence-corrected chi connectivity index (χ3v) is 7.45. The van der Waals surface area contributed by atoms with Crippen LogP contribution in [-0.2, 0) is 15.5 Å². The second-order valence-corrected chi connectivity index (χ2v) is 10.0. The maximum atomic E-state index is 13.0. The number of hydrogen-bond acceptors (Lipinski definition) is 9. The summed E-state index contributed by atoms with van der Waals surface area (Å²) in [5.41, 5.74) is 6.37. The first-order valence-electron chi connectivity index (χ1n) is 8.64. The summed E-state index contributed by atoms with van der Waals surface area (Å²) in [6.07, 6.45) is -2.95. The maximum absolute atomic E-state index is 13.0. The lowest BCUT2D eigenvalue weighted by Crippen LogP contribution is -2.44. The number of methoxy groups -OCH3 is 1. The molecular formula is C17H17Cl2N5O5S. The molecule has 1 aliphatic heterocycles. The molecule has 0 spiro atoms. The van der Waals surface area contributed by atoms with E-state index in [1.807, 2.05) is 0 Å². The molecule has 1 aromatic carbocycles. The predicted molar refractivity (Wildman–Crippen MR) is 109 cm³/mol. The van der Waals surface area contributed by atoms with Crippen molar-refractivity contribution in [2.45, 2.75) is 33.1 Å². The second-order valence-electron chi connectivity index (χ2n) is 6.52. The third-order valence-electron chi connectivity index (χ3n) is 4.75. The Labute approximate surface area is 183 Å². The SMILES string of the molecule is COc1ccc([S@](=O)C(Cl)(Cl)[C@H]2O[C@@H](n3cnc4c(N)ncnc43)[C@H](O)[C@@H]2O)cc1. The van der Waals surface area contributed by atoms with E-state index in [1.54, 1.807) is 12.1 Å². The number of anilines is 1. The lowest BCUT2D eigenvalue weighted by atomic mass is 10.1. The first kappa shape index (κ1) is 21.2. The summed E-state index contributed by atoms with van der Waals surface area (Å²) in [6, 6.07) is 6.27. The third kappa shape index (κ3) is 3.41. The van der Waals surface area contributed by atoms with Crippen molar-refractivity contribution in [3.63, 3.8) is 0 Å². The number of aliphatic hydroxyl groups is 2. The summed E-state index contributed by atoms with van der Waals surface area (Å²) >= 11 is 12.8. The van der Waals surface area contributed by atoms with Gasteiger partial charge in [0.05, 0.1) is 24.2 Å². The lowest BCUT2D eigenvalue weighted by molar-refractivity contribution is -0.0334. The van der Waals surface area contributed by atoms with E-state index in [0.29, 0.717) is 16.2 Å². The Balaban J connectivity index is 1.64. The van der Waals surface area contributed by atoms with Crippen LogP contribution in [0.3, 0.4) is 0 Å². The zero-order valence-electron chi connectivity index (χ0n) is 15.4. The van der Waals surface area contributed by atoms with Gasteiger partial charge in [-0.15, -0.1) is 0 Å². The van der Waals surface area contributed by atoms with Crippen LogP contribution < -0.4 is 10.5 Å². The molecule has 160 valence electrons. The van der Waals surface area contributed by atoms with Gasteiger partial charge in [-0.05, 0) is 24.3 Å². The Hall–Kier alpha value is -2.02. The smallest absolute Gasteiger partial charge is 0.224 e. The number of ether oxygens (including phenoxy) is 2. The van der Waals surface area contributed by atoms with Crippen molar-refractivity contribution in [2.24, 2.45) is 0 Å². The molecule has 3 aromatic rings. The van der Waals surface area contributed by atoms with Gasteiger partial charge < -0.3 is 25.4 Å². The minimum Gasteiger partial charge on any atom is -0.497 e. The minimum atomic E-state index is -2.08. The van der Waals surface area contributed by atoms with E-state index in [2.05, 4.69) is 15.0 Å². The van der Waals surface area contributed by atoms with Crippen LogP contribution in [0.1, 0.15) is 6.23 Å². The normalized spacial score (nSPS) is 25.5. The highest BCUT2D eigenvalue weighted by atomic mass is 35.5. The molecule has 30 heavy (non-hydrogen) atoms. The quantitative estimate of drug-likeness (QED) is 0.461. The van der Waals surface area contributed by atoms with Gasteiger partial charge >= 0.3 is 0 Å². The van der Waals surface area contributed by atoms with E-state index in [4.69, 9.17) is 38.4 Å². The molecular weight excluding hydrogens is 457 g/mol. The lowest BCUT2D eigenvalue weighted by Gasteiger charge is -2.27. The van der Waals surface area contributed by atoms with E-state index < -0.39 is 39.0 Å². The van der Waals surface area contributed by atoms with E-state index >= 15 is 0 Å². The monoisotopic (exact) mass is 473 g/mol. The number of aromatic nitrogens is 4.